The van der Waals surface area contributed by atoms with E-state index in [0.717, 1.165) is 50.9 Å². The first-order chi connectivity index (χ1) is 20.7. The number of nitrogens with zero attached hydrogens (tertiary/aromatic N) is 2. The summed E-state index contributed by atoms with van der Waals surface area (Å²) >= 11 is 0. The second kappa shape index (κ2) is 11.1. The molecule has 7 rings (SSSR count). The smallest absolute Gasteiger partial charge is 0.228 e. The maximum atomic E-state index is 8.59. The van der Waals surface area contributed by atoms with Gasteiger partial charge in [-0.15, -0.1) is 0 Å². The lowest BCUT2D eigenvalue weighted by molar-refractivity contribution is 0.619. The molecule has 0 aliphatic carbocycles. The Labute approximate surface area is 244 Å². The van der Waals surface area contributed by atoms with Crippen LogP contribution in [-0.4, -0.2) is 15.7 Å². The summed E-state index contributed by atoms with van der Waals surface area (Å²) in [4.78, 5) is 8.90. The zero-order valence-electron chi connectivity index (χ0n) is 22.9. The van der Waals surface area contributed by atoms with Crippen molar-refractivity contribution in [2.75, 3.05) is 0 Å². The number of oxazole rings is 1. The molecule has 0 saturated heterocycles. The van der Waals surface area contributed by atoms with Crippen molar-refractivity contribution in [3.8, 4) is 33.7 Å². The third-order valence-electron chi connectivity index (χ3n) is 7.50. The van der Waals surface area contributed by atoms with E-state index >= 15 is 0 Å². The first-order valence-electron chi connectivity index (χ1n) is 14.0. The Morgan fingerprint density at radius 3 is 2.38 bits per heavy atom. The molecular weight excluding hydrogens is 514 g/mol. The van der Waals surface area contributed by atoms with E-state index in [9.17, 15) is 0 Å². The summed E-state index contributed by atoms with van der Waals surface area (Å²) in [5, 5.41) is 10.9. The monoisotopic (exact) mass is 541 g/mol. The number of fused-ring (bicyclic) bond motifs is 2. The topological polar surface area (TPSA) is 62.8 Å². The summed E-state index contributed by atoms with van der Waals surface area (Å²) in [7, 11) is 0. The van der Waals surface area contributed by atoms with E-state index in [2.05, 4.69) is 77.8 Å². The highest BCUT2D eigenvalue weighted by Crippen LogP contribution is 2.39. The number of hydrogen-bond acceptors (Lipinski definition) is 4. The average molecular weight is 542 g/mol. The van der Waals surface area contributed by atoms with Gasteiger partial charge in [-0.05, 0) is 80.9 Å². The Kier molecular flexibility index (Phi) is 6.71. The molecule has 0 fully saturated rings. The van der Waals surface area contributed by atoms with Gasteiger partial charge in [0, 0.05) is 12.4 Å². The van der Waals surface area contributed by atoms with Crippen molar-refractivity contribution in [1.82, 2.24) is 9.97 Å². The van der Waals surface area contributed by atoms with E-state index in [1.165, 1.54) is 16.3 Å². The molecule has 0 radical (unpaired) electrons. The molecule has 0 unspecified atom stereocenters. The van der Waals surface area contributed by atoms with E-state index in [0.29, 0.717) is 11.6 Å². The molecule has 42 heavy (non-hydrogen) atoms. The number of rotatable bonds is 7. The normalized spacial score (nSPS) is 11.4. The molecule has 0 bridgehead atoms. The SMILES string of the molecule is N=C(/C=C\Cc1ccccc1)c1ccc(-c2ccc3ccccc3c2-c2ccc3nc(-c4cccnc4)oc3c2)cc1. The van der Waals surface area contributed by atoms with E-state index in [1.807, 2.05) is 60.7 Å². The van der Waals surface area contributed by atoms with Crippen molar-refractivity contribution in [2.45, 2.75) is 6.42 Å². The van der Waals surface area contributed by atoms with E-state index in [4.69, 9.17) is 14.8 Å². The predicted octanol–water partition coefficient (Wildman–Crippen LogP) is 9.54. The van der Waals surface area contributed by atoms with Crippen molar-refractivity contribution in [3.05, 3.63) is 157 Å². The van der Waals surface area contributed by atoms with Gasteiger partial charge < -0.3 is 9.83 Å². The zero-order valence-corrected chi connectivity index (χ0v) is 22.9. The fourth-order valence-electron chi connectivity index (χ4n) is 5.37. The van der Waals surface area contributed by atoms with Gasteiger partial charge >= 0.3 is 0 Å². The Morgan fingerprint density at radius 1 is 0.738 bits per heavy atom. The molecular formula is C38H27N3O. The molecule has 0 aliphatic heterocycles. The van der Waals surface area contributed by atoms with Gasteiger partial charge in [-0.25, -0.2) is 4.98 Å². The second-order valence-electron chi connectivity index (χ2n) is 10.2. The second-order valence-corrected chi connectivity index (χ2v) is 10.2. The molecule has 0 aliphatic rings. The summed E-state index contributed by atoms with van der Waals surface area (Å²) in [6.07, 6.45) is 8.24. The van der Waals surface area contributed by atoms with Crippen LogP contribution in [0.1, 0.15) is 11.1 Å². The predicted molar refractivity (Wildman–Crippen MR) is 172 cm³/mol. The van der Waals surface area contributed by atoms with Crippen LogP contribution < -0.4 is 0 Å². The largest absolute Gasteiger partial charge is 0.436 e. The summed E-state index contributed by atoms with van der Waals surface area (Å²) in [5.74, 6) is 0.559. The summed E-state index contributed by atoms with van der Waals surface area (Å²) in [6.45, 7) is 0. The molecule has 2 heterocycles. The average Bonchev–Trinajstić information content (AvgIpc) is 3.49. The standard InChI is InChI=1S/C38H27N3O/c39-34(14-6-10-26-8-2-1-3-9-26)29-17-15-28(16-18-29)33-21-19-27-11-4-5-13-32(27)37(33)30-20-22-35-36(24-30)42-38(41-35)31-12-7-23-40-25-31/h1-9,11-25,39H,10H2/b14-6-,39-34?. The summed E-state index contributed by atoms with van der Waals surface area (Å²) in [5.41, 5.74) is 9.42. The summed E-state index contributed by atoms with van der Waals surface area (Å²) in [6, 6.07) is 41.4. The van der Waals surface area contributed by atoms with Gasteiger partial charge in [-0.1, -0.05) is 103 Å². The van der Waals surface area contributed by atoms with Crippen LogP contribution in [0.5, 0.6) is 0 Å². The quantitative estimate of drug-likeness (QED) is 0.204. The van der Waals surface area contributed by atoms with Gasteiger partial charge in [0.2, 0.25) is 5.89 Å². The highest BCUT2D eigenvalue weighted by atomic mass is 16.3. The molecule has 200 valence electrons. The number of aromatic nitrogens is 2. The lowest BCUT2D eigenvalue weighted by atomic mass is 9.89. The molecule has 4 nitrogen and oxygen atoms in total. The van der Waals surface area contributed by atoms with Crippen LogP contribution in [0.2, 0.25) is 0 Å². The van der Waals surface area contributed by atoms with Crippen molar-refractivity contribution >= 4 is 27.6 Å². The van der Waals surface area contributed by atoms with Crippen LogP contribution in [0.15, 0.2) is 150 Å². The first-order valence-corrected chi connectivity index (χ1v) is 14.0. The highest BCUT2D eigenvalue weighted by Gasteiger charge is 2.15. The lowest BCUT2D eigenvalue weighted by Crippen LogP contribution is -1.95. The number of allylic oxidation sites excluding steroid dienone is 2. The molecule has 7 aromatic rings. The van der Waals surface area contributed by atoms with Crippen LogP contribution in [0.4, 0.5) is 0 Å². The van der Waals surface area contributed by atoms with Crippen LogP contribution in [0.25, 0.3) is 55.6 Å². The van der Waals surface area contributed by atoms with Gasteiger partial charge in [0.1, 0.15) is 5.52 Å². The van der Waals surface area contributed by atoms with Crippen LogP contribution >= 0.6 is 0 Å². The molecule has 4 heteroatoms. The van der Waals surface area contributed by atoms with E-state index < -0.39 is 0 Å². The van der Waals surface area contributed by atoms with Crippen molar-refractivity contribution in [3.63, 3.8) is 0 Å². The van der Waals surface area contributed by atoms with Crippen molar-refractivity contribution < 1.29 is 4.42 Å². The van der Waals surface area contributed by atoms with E-state index in [-0.39, 0.29) is 0 Å². The minimum absolute atomic E-state index is 0.497. The summed E-state index contributed by atoms with van der Waals surface area (Å²) < 4.78 is 6.20. The van der Waals surface area contributed by atoms with Crippen LogP contribution in [0, 0.1) is 5.41 Å². The molecule has 5 aromatic carbocycles. The highest BCUT2D eigenvalue weighted by molar-refractivity contribution is 6.08. The molecule has 0 spiro atoms. The van der Waals surface area contributed by atoms with Gasteiger partial charge in [-0.3, -0.25) is 4.98 Å². The van der Waals surface area contributed by atoms with Gasteiger partial charge in [-0.2, -0.15) is 0 Å². The molecule has 0 atom stereocenters. The number of hydrogen-bond donors (Lipinski definition) is 1. The Morgan fingerprint density at radius 2 is 1.55 bits per heavy atom. The lowest BCUT2D eigenvalue weighted by Gasteiger charge is -2.14. The minimum Gasteiger partial charge on any atom is -0.436 e. The molecule has 0 amide bonds. The van der Waals surface area contributed by atoms with Crippen molar-refractivity contribution in [1.29, 1.82) is 5.41 Å². The first kappa shape index (κ1) is 25.4. The Bertz CT molecular complexity index is 2060. The zero-order chi connectivity index (χ0) is 28.3. The number of nitrogens with one attached hydrogen (secondary N) is 1. The number of pyridine rings is 1. The molecule has 1 N–H and O–H groups in total. The number of benzene rings is 5. The maximum Gasteiger partial charge on any atom is 0.228 e. The van der Waals surface area contributed by atoms with Gasteiger partial charge in [0.15, 0.2) is 5.58 Å². The molecule has 2 aromatic heterocycles. The Hall–Kier alpha value is -5.61. The fourth-order valence-corrected chi connectivity index (χ4v) is 5.37. The molecule has 0 saturated carbocycles. The fraction of sp³-hybridized carbons (Fsp3) is 0.0263. The Balaban J connectivity index is 1.25. The van der Waals surface area contributed by atoms with Crippen molar-refractivity contribution in [2.24, 2.45) is 0 Å². The third-order valence-corrected chi connectivity index (χ3v) is 7.50. The van der Waals surface area contributed by atoms with Gasteiger partial charge in [0.05, 0.1) is 11.3 Å². The van der Waals surface area contributed by atoms with Gasteiger partial charge in [0.25, 0.3) is 0 Å². The van der Waals surface area contributed by atoms with E-state index in [1.54, 1.807) is 12.4 Å². The third kappa shape index (κ3) is 5.02. The van der Waals surface area contributed by atoms with Crippen LogP contribution in [0.3, 0.4) is 0 Å². The minimum atomic E-state index is 0.497. The maximum absolute atomic E-state index is 8.59. The van der Waals surface area contributed by atoms with Crippen LogP contribution in [-0.2, 0) is 6.42 Å².